The molecule has 18 saturated carbocycles. The second-order valence-corrected chi connectivity index (χ2v) is 35.4. The van der Waals surface area contributed by atoms with E-state index in [2.05, 4.69) is 6.92 Å². The highest BCUT2D eigenvalue weighted by atomic mass is 19.3. The van der Waals surface area contributed by atoms with Crippen LogP contribution in [0.4, 0.5) is 26.3 Å². The molecule has 15 unspecified atom stereocenters. The molecule has 19 heteroatoms. The number of alkyl halides is 6. The van der Waals surface area contributed by atoms with Crippen molar-refractivity contribution in [2.75, 3.05) is 26.9 Å². The molecule has 18 aliphatic carbocycles. The topological polar surface area (TPSA) is 167 Å². The van der Waals surface area contributed by atoms with Gasteiger partial charge in [-0.15, -0.1) is 0 Å². The molecule has 0 N–H and O–H groups in total. The van der Waals surface area contributed by atoms with Gasteiger partial charge < -0.3 is 33.2 Å². The zero-order valence-electron chi connectivity index (χ0n) is 56.1. The summed E-state index contributed by atoms with van der Waals surface area (Å²) in [4.78, 5) is 74.4. The van der Waals surface area contributed by atoms with Gasteiger partial charge >= 0.3 is 53.6 Å². The number of carbonyl (C=O) groups excluding carboxylic acids is 6. The highest BCUT2D eigenvalue weighted by Crippen LogP contribution is 2.67. The van der Waals surface area contributed by atoms with Crippen LogP contribution in [-0.4, -0.2) is 103 Å². The van der Waals surface area contributed by atoms with Crippen molar-refractivity contribution in [3.05, 3.63) is 0 Å². The first-order valence-corrected chi connectivity index (χ1v) is 36.7. The average Bonchev–Trinajstić information content (AvgIpc) is 1.75. The summed E-state index contributed by atoms with van der Waals surface area (Å²) in [6, 6.07) is 0. The van der Waals surface area contributed by atoms with Crippen LogP contribution in [0, 0.1) is 111 Å². The highest BCUT2D eigenvalue weighted by molar-refractivity contribution is 5.78. The van der Waals surface area contributed by atoms with Crippen molar-refractivity contribution in [2.45, 2.75) is 287 Å². The Hall–Kier alpha value is -3.64. The minimum Gasteiger partial charge on any atom is -0.461 e. The zero-order chi connectivity index (χ0) is 65.9. The lowest BCUT2D eigenvalue weighted by molar-refractivity contribution is -0.218. The van der Waals surface area contributed by atoms with Crippen LogP contribution in [0.3, 0.4) is 0 Å². The summed E-state index contributed by atoms with van der Waals surface area (Å²) in [5.74, 6) is -6.44. The number of hydrogen-bond acceptors (Lipinski definition) is 13. The third-order valence-corrected chi connectivity index (χ3v) is 27.4. The van der Waals surface area contributed by atoms with Crippen LogP contribution in [0.15, 0.2) is 0 Å². The molecule has 0 aromatic rings. The monoisotopic (exact) mass is 1320 g/mol. The molecule has 14 bridgehead atoms. The van der Waals surface area contributed by atoms with Crippen LogP contribution in [0.2, 0.25) is 0 Å². The number of ether oxygens (including phenoxy) is 7. The molecule has 13 nitrogen and oxygen atoms in total. The fourth-order valence-electron chi connectivity index (χ4n) is 25.4. The number of rotatable bonds is 17. The average molecular weight is 1320 g/mol. The van der Waals surface area contributed by atoms with Gasteiger partial charge in [0.1, 0.15) is 16.8 Å². The van der Waals surface area contributed by atoms with Crippen molar-refractivity contribution in [2.24, 2.45) is 111 Å². The lowest BCUT2D eigenvalue weighted by atomic mass is 9.48. The fraction of sp³-hybridized carbons (Fsp3) is 0.919. The van der Waals surface area contributed by atoms with Crippen molar-refractivity contribution in [1.82, 2.24) is 0 Å². The maximum atomic E-state index is 13.3. The van der Waals surface area contributed by atoms with E-state index in [0.717, 1.165) is 171 Å². The van der Waals surface area contributed by atoms with E-state index in [9.17, 15) is 55.1 Å². The molecule has 18 aliphatic rings. The van der Waals surface area contributed by atoms with Gasteiger partial charge in [0.05, 0.1) is 37.8 Å². The van der Waals surface area contributed by atoms with Crippen molar-refractivity contribution in [3.8, 4) is 0 Å². The highest BCUT2D eigenvalue weighted by Gasteiger charge is 2.64. The SMILES string of the molecule is CC(F)(F)C(=O)OCC12CC3CC(C1)CC(OC(=O)C1CCC4CCCCC4C1)(C3)C2.CC1CC2C3CC(CC(=O)OC45CC6CC(CC(COC(=O)C(C)(F)F)(C6)C4)C5)C(C3)C2C1.COC1CCC(C(=O)OC23CC4CC(CC(COC(=O)C(C)(F)F)(C4)C2)C3)CC1. The van der Waals surface area contributed by atoms with E-state index in [0.29, 0.717) is 99.7 Å². The second kappa shape index (κ2) is 25.3. The van der Waals surface area contributed by atoms with E-state index in [1.165, 1.54) is 51.4 Å². The minimum absolute atomic E-state index is 0.000507. The Morgan fingerprint density at radius 1 is 0.409 bits per heavy atom. The lowest BCUT2D eigenvalue weighted by Crippen LogP contribution is -2.59. The quantitative estimate of drug-likeness (QED) is 0.0767. The first-order valence-electron chi connectivity index (χ1n) is 36.7. The maximum absolute atomic E-state index is 13.3. The third-order valence-electron chi connectivity index (χ3n) is 27.4. The van der Waals surface area contributed by atoms with Gasteiger partial charge in [-0.3, -0.25) is 14.4 Å². The standard InChI is InChI=1S/C27H38F2O4.C25H36F2O4.C22H32F2O5/c1-15-3-20-18-6-19(21(7-18)22(20)4-15)8-23(30)33-27-11-16-5-17(12-27)10-26(9-16,13-27)14-32-24(31)25(2,28)29;1-23(26,27)22(29)30-15-24-10-16-8-17(11-24)13-25(12-16,14-24)31-21(28)20-7-6-18-4-2-3-5-19(18)9-20;1-20(23,24)19(26)28-13-21-8-14-7-15(9-21)11-22(10-14,12-21)29-18(25)16-3-5-17(27-2)6-4-16/h15-22H,3-14H2,1-2H3;16-20H,2-15H2,1H3;14-17H,3-13H2,1-2H3. The molecular weight excluding hydrogens is 1210 g/mol. The Morgan fingerprint density at radius 2 is 0.806 bits per heavy atom. The molecule has 0 aromatic carbocycles. The number of carbonyl (C=O) groups is 6. The molecule has 18 rings (SSSR count). The van der Waals surface area contributed by atoms with Crippen LogP contribution in [0.1, 0.15) is 246 Å². The van der Waals surface area contributed by atoms with Crippen molar-refractivity contribution in [1.29, 1.82) is 0 Å². The van der Waals surface area contributed by atoms with E-state index in [4.69, 9.17) is 33.2 Å². The summed E-state index contributed by atoms with van der Waals surface area (Å²) < 4.78 is 119. The molecule has 0 amide bonds. The summed E-state index contributed by atoms with van der Waals surface area (Å²) in [6.07, 6.45) is 33.3. The summed E-state index contributed by atoms with van der Waals surface area (Å²) >= 11 is 0. The van der Waals surface area contributed by atoms with Gasteiger partial charge in [0, 0.05) is 50.5 Å². The maximum Gasteiger partial charge on any atom is 0.376 e. The van der Waals surface area contributed by atoms with E-state index in [1.807, 2.05) is 0 Å². The Kier molecular flexibility index (Phi) is 18.5. The van der Waals surface area contributed by atoms with Gasteiger partial charge in [0.15, 0.2) is 0 Å². The van der Waals surface area contributed by atoms with Crippen LogP contribution >= 0.6 is 0 Å². The van der Waals surface area contributed by atoms with Gasteiger partial charge in [-0.1, -0.05) is 32.6 Å². The van der Waals surface area contributed by atoms with Crippen LogP contribution in [0.25, 0.3) is 0 Å². The molecule has 0 spiro atoms. The first kappa shape index (κ1) is 67.9. The molecule has 0 aromatic heterocycles. The Labute approximate surface area is 546 Å². The van der Waals surface area contributed by atoms with E-state index >= 15 is 0 Å². The summed E-state index contributed by atoms with van der Waals surface area (Å²) in [5.41, 5.74) is -2.44. The second-order valence-electron chi connectivity index (χ2n) is 35.4. The largest absolute Gasteiger partial charge is 0.461 e. The van der Waals surface area contributed by atoms with Crippen molar-refractivity contribution >= 4 is 35.8 Å². The zero-order valence-corrected chi connectivity index (χ0v) is 56.1. The van der Waals surface area contributed by atoms with Crippen molar-refractivity contribution < 1.29 is 88.3 Å². The number of methoxy groups -OCH3 is 1. The third kappa shape index (κ3) is 14.5. The van der Waals surface area contributed by atoms with Gasteiger partial charge in [0.2, 0.25) is 0 Å². The predicted octanol–water partition coefficient (Wildman–Crippen LogP) is 15.7. The van der Waals surface area contributed by atoms with E-state index in [1.54, 1.807) is 7.11 Å². The molecule has 93 heavy (non-hydrogen) atoms. The molecular formula is C74H106F6O13. The number of halogens is 6. The number of esters is 6. The normalized spacial score (nSPS) is 45.0. The summed E-state index contributed by atoms with van der Waals surface area (Å²) in [5, 5.41) is 0. The molecule has 0 aliphatic heterocycles. The lowest BCUT2D eigenvalue weighted by Gasteiger charge is -2.61. The fourth-order valence-corrected chi connectivity index (χ4v) is 25.4. The van der Waals surface area contributed by atoms with Crippen molar-refractivity contribution in [3.63, 3.8) is 0 Å². The molecule has 0 radical (unpaired) electrons. The van der Waals surface area contributed by atoms with Gasteiger partial charge in [-0.05, 0) is 269 Å². The van der Waals surface area contributed by atoms with E-state index in [-0.39, 0.29) is 71.9 Å². The van der Waals surface area contributed by atoms with Gasteiger partial charge in [-0.2, -0.15) is 26.3 Å². The van der Waals surface area contributed by atoms with Gasteiger partial charge in [0.25, 0.3) is 0 Å². The summed E-state index contributed by atoms with van der Waals surface area (Å²) in [6.45, 7) is 4.16. The Morgan fingerprint density at radius 3 is 1.24 bits per heavy atom. The van der Waals surface area contributed by atoms with E-state index < -0.39 is 52.5 Å². The van der Waals surface area contributed by atoms with Crippen LogP contribution < -0.4 is 0 Å². The predicted molar refractivity (Wildman–Crippen MR) is 328 cm³/mol. The number of hydrogen-bond donors (Lipinski definition) is 0. The Balaban J connectivity index is 0.000000127. The summed E-state index contributed by atoms with van der Waals surface area (Å²) in [7, 11) is 1.71. The molecule has 0 heterocycles. The number of fused-ring (bicyclic) bond motifs is 6. The minimum atomic E-state index is -3.48. The molecule has 18 fully saturated rings. The first-order chi connectivity index (χ1) is 43.8. The van der Waals surface area contributed by atoms with Crippen LogP contribution in [-0.2, 0) is 61.9 Å². The molecule has 522 valence electrons. The van der Waals surface area contributed by atoms with Crippen LogP contribution in [0.5, 0.6) is 0 Å². The Bertz CT molecular complexity index is 2760. The molecule has 15 atom stereocenters. The molecule has 0 saturated heterocycles. The smallest absolute Gasteiger partial charge is 0.376 e. The van der Waals surface area contributed by atoms with Gasteiger partial charge in [-0.25, -0.2) is 14.4 Å².